The summed E-state index contributed by atoms with van der Waals surface area (Å²) < 4.78 is 10.6. The van der Waals surface area contributed by atoms with E-state index in [2.05, 4.69) is 0 Å². The van der Waals surface area contributed by atoms with Crippen LogP contribution < -0.4 is 9.47 Å². The number of ether oxygens (including phenoxy) is 2. The summed E-state index contributed by atoms with van der Waals surface area (Å²) in [6, 6.07) is 4.79. The predicted molar refractivity (Wildman–Crippen MR) is 85.9 cm³/mol. The van der Waals surface area contributed by atoms with Crippen molar-refractivity contribution in [1.29, 1.82) is 0 Å². The molecule has 2 rings (SSSR count). The quantitative estimate of drug-likeness (QED) is 0.828. The normalized spacial score (nSPS) is 18.1. The molecule has 1 amide bonds. The van der Waals surface area contributed by atoms with E-state index >= 15 is 0 Å². The number of benzene rings is 1. The highest BCUT2D eigenvalue weighted by Crippen LogP contribution is 2.32. The molecule has 6 heteroatoms. The number of carbonyl (C=O) groups is 1. The van der Waals surface area contributed by atoms with Crippen LogP contribution in [0.2, 0.25) is 0 Å². The lowest BCUT2D eigenvalue weighted by Gasteiger charge is -2.34. The van der Waals surface area contributed by atoms with Crippen molar-refractivity contribution in [3.05, 3.63) is 23.8 Å². The summed E-state index contributed by atoms with van der Waals surface area (Å²) in [5.41, 5.74) is -0.454. The van der Waals surface area contributed by atoms with Gasteiger partial charge in [0.2, 0.25) is 0 Å². The van der Waals surface area contributed by atoms with Crippen LogP contribution >= 0.6 is 0 Å². The van der Waals surface area contributed by atoms with E-state index in [9.17, 15) is 9.90 Å². The van der Waals surface area contributed by atoms with E-state index in [-0.39, 0.29) is 25.2 Å². The van der Waals surface area contributed by atoms with Crippen LogP contribution in [0.4, 0.5) is 0 Å². The fraction of sp³-hybridized carbons (Fsp3) is 0.588. The van der Waals surface area contributed by atoms with E-state index < -0.39 is 5.60 Å². The van der Waals surface area contributed by atoms with Crippen LogP contribution in [-0.4, -0.2) is 59.5 Å². The van der Waals surface area contributed by atoms with Crippen molar-refractivity contribution in [1.82, 2.24) is 4.90 Å². The van der Waals surface area contributed by atoms with Gasteiger partial charge in [0.05, 0.1) is 25.4 Å². The maximum Gasteiger partial charge on any atom is 0.254 e. The number of likely N-dealkylation sites (tertiary alicyclic amines) is 1. The fourth-order valence-corrected chi connectivity index (χ4v) is 2.99. The highest BCUT2D eigenvalue weighted by atomic mass is 16.5. The second kappa shape index (κ2) is 7.19. The number of aliphatic hydroxyl groups is 2. The Labute approximate surface area is 136 Å². The maximum atomic E-state index is 12.8. The van der Waals surface area contributed by atoms with E-state index in [1.54, 1.807) is 36.9 Å². The third-order valence-corrected chi connectivity index (χ3v) is 4.09. The number of amides is 1. The summed E-state index contributed by atoms with van der Waals surface area (Å²) in [7, 11) is 1.52. The molecule has 1 fully saturated rings. The van der Waals surface area contributed by atoms with Crippen molar-refractivity contribution in [3.8, 4) is 11.5 Å². The first-order chi connectivity index (χ1) is 10.9. The number of rotatable bonds is 6. The molecule has 1 aromatic rings. The Bertz CT molecular complexity index is 552. The Balaban J connectivity index is 2.25. The molecule has 1 unspecified atom stereocenters. The van der Waals surface area contributed by atoms with Gasteiger partial charge in [0.1, 0.15) is 6.61 Å². The molecule has 0 aliphatic carbocycles. The second-order valence-electron chi connectivity index (χ2n) is 6.25. The third kappa shape index (κ3) is 3.95. The van der Waals surface area contributed by atoms with Crippen LogP contribution in [0.1, 0.15) is 37.0 Å². The molecular weight excluding hydrogens is 298 g/mol. The summed E-state index contributed by atoms with van der Waals surface area (Å²) in [6.07, 6.45) is 1.67. The lowest BCUT2D eigenvalue weighted by Crippen LogP contribution is -2.48. The summed E-state index contributed by atoms with van der Waals surface area (Å²) in [6.45, 7) is 4.10. The molecule has 0 saturated carbocycles. The lowest BCUT2D eigenvalue weighted by atomic mass is 9.96. The minimum Gasteiger partial charge on any atom is -0.493 e. The maximum absolute atomic E-state index is 12.8. The van der Waals surface area contributed by atoms with Gasteiger partial charge in [-0.05, 0) is 44.9 Å². The topological polar surface area (TPSA) is 79.2 Å². The summed E-state index contributed by atoms with van der Waals surface area (Å²) in [4.78, 5) is 14.5. The largest absolute Gasteiger partial charge is 0.493 e. The van der Waals surface area contributed by atoms with Crippen molar-refractivity contribution in [3.63, 3.8) is 0 Å². The van der Waals surface area contributed by atoms with Crippen molar-refractivity contribution >= 4 is 5.91 Å². The van der Waals surface area contributed by atoms with Gasteiger partial charge in [-0.15, -0.1) is 0 Å². The molecule has 1 aromatic carbocycles. The van der Waals surface area contributed by atoms with Crippen molar-refractivity contribution < 1.29 is 24.5 Å². The molecule has 0 radical (unpaired) electrons. The van der Waals surface area contributed by atoms with Crippen LogP contribution in [-0.2, 0) is 0 Å². The van der Waals surface area contributed by atoms with Gasteiger partial charge in [-0.2, -0.15) is 0 Å². The molecule has 23 heavy (non-hydrogen) atoms. The van der Waals surface area contributed by atoms with Gasteiger partial charge < -0.3 is 24.6 Å². The van der Waals surface area contributed by atoms with Gasteiger partial charge in [-0.25, -0.2) is 0 Å². The predicted octanol–water partition coefficient (Wildman–Crippen LogP) is 1.44. The van der Waals surface area contributed by atoms with E-state index in [0.29, 0.717) is 23.6 Å². The summed E-state index contributed by atoms with van der Waals surface area (Å²) >= 11 is 0. The van der Waals surface area contributed by atoms with Gasteiger partial charge >= 0.3 is 0 Å². The van der Waals surface area contributed by atoms with Gasteiger partial charge in [0, 0.05) is 12.1 Å². The minimum atomic E-state index is -0.936. The van der Waals surface area contributed by atoms with Crippen molar-refractivity contribution in [2.75, 3.05) is 26.9 Å². The Hall–Kier alpha value is -1.79. The standard InChI is InChI=1S/C17H25NO5/c1-17(2,21)15-5-4-8-18(15)16(20)12-6-7-13(22-3)14(11-12)23-10-9-19/h6-7,11,15,19,21H,4-5,8-10H2,1-3H3. The molecule has 1 aliphatic heterocycles. The molecular formula is C17H25NO5. The van der Waals surface area contributed by atoms with Crippen LogP contribution in [0, 0.1) is 0 Å². The Morgan fingerprint density at radius 1 is 1.39 bits per heavy atom. The smallest absolute Gasteiger partial charge is 0.254 e. The first kappa shape index (κ1) is 17.6. The molecule has 0 aromatic heterocycles. The number of hydrogen-bond donors (Lipinski definition) is 2. The first-order valence-corrected chi connectivity index (χ1v) is 7.83. The fourth-order valence-electron chi connectivity index (χ4n) is 2.99. The SMILES string of the molecule is COc1ccc(C(=O)N2CCCC2C(C)(C)O)cc1OCCO. The lowest BCUT2D eigenvalue weighted by molar-refractivity contribution is 0.000322. The zero-order valence-electron chi connectivity index (χ0n) is 13.9. The van der Waals surface area contributed by atoms with Crippen LogP contribution in [0.15, 0.2) is 18.2 Å². The monoisotopic (exact) mass is 323 g/mol. The van der Waals surface area contributed by atoms with Crippen molar-refractivity contribution in [2.45, 2.75) is 38.3 Å². The zero-order valence-corrected chi connectivity index (χ0v) is 13.9. The van der Waals surface area contributed by atoms with Gasteiger partial charge in [0.25, 0.3) is 5.91 Å². The summed E-state index contributed by atoms with van der Waals surface area (Å²) in [5, 5.41) is 19.2. The number of nitrogens with zero attached hydrogens (tertiary/aromatic N) is 1. The zero-order chi connectivity index (χ0) is 17.0. The Morgan fingerprint density at radius 3 is 2.74 bits per heavy atom. The van der Waals surface area contributed by atoms with Crippen LogP contribution in [0.3, 0.4) is 0 Å². The number of carbonyl (C=O) groups excluding carboxylic acids is 1. The Morgan fingerprint density at radius 2 is 2.13 bits per heavy atom. The molecule has 2 N–H and O–H groups in total. The average Bonchev–Trinajstić information content (AvgIpc) is 3.01. The van der Waals surface area contributed by atoms with E-state index in [4.69, 9.17) is 14.6 Å². The molecule has 6 nitrogen and oxygen atoms in total. The van der Waals surface area contributed by atoms with Gasteiger partial charge in [-0.3, -0.25) is 4.79 Å². The van der Waals surface area contributed by atoms with E-state index in [0.717, 1.165) is 12.8 Å². The minimum absolute atomic E-state index is 0.117. The highest BCUT2D eigenvalue weighted by Gasteiger charge is 2.38. The number of hydrogen-bond acceptors (Lipinski definition) is 5. The number of aliphatic hydroxyl groups excluding tert-OH is 1. The molecule has 1 atom stereocenters. The van der Waals surface area contributed by atoms with Gasteiger partial charge in [0.15, 0.2) is 11.5 Å². The molecule has 0 spiro atoms. The van der Waals surface area contributed by atoms with Crippen LogP contribution in [0.5, 0.6) is 11.5 Å². The number of methoxy groups -OCH3 is 1. The average molecular weight is 323 g/mol. The summed E-state index contributed by atoms with van der Waals surface area (Å²) in [5.74, 6) is 0.799. The molecule has 1 aliphatic rings. The van der Waals surface area contributed by atoms with E-state index in [1.165, 1.54) is 7.11 Å². The molecule has 1 heterocycles. The molecule has 0 bridgehead atoms. The molecule has 1 saturated heterocycles. The first-order valence-electron chi connectivity index (χ1n) is 7.83. The highest BCUT2D eigenvalue weighted by molar-refractivity contribution is 5.95. The van der Waals surface area contributed by atoms with Crippen molar-refractivity contribution in [2.24, 2.45) is 0 Å². The molecule has 128 valence electrons. The van der Waals surface area contributed by atoms with Gasteiger partial charge in [-0.1, -0.05) is 0 Å². The second-order valence-corrected chi connectivity index (χ2v) is 6.25. The Kier molecular flexibility index (Phi) is 5.49. The third-order valence-electron chi connectivity index (χ3n) is 4.09. The van der Waals surface area contributed by atoms with E-state index in [1.807, 2.05) is 0 Å². The van der Waals surface area contributed by atoms with Crippen LogP contribution in [0.25, 0.3) is 0 Å².